The minimum absolute atomic E-state index is 0.0321. The molecule has 1 saturated heterocycles. The first-order valence-corrected chi connectivity index (χ1v) is 4.57. The standard InChI is InChI=1S/C9H15NO2/c1-12-8(11)7-5-9(6-10-7)3-2-4-9/h7,10H,2-6H2,1H3. The molecular weight excluding hydrogens is 154 g/mol. The lowest BCUT2D eigenvalue weighted by Gasteiger charge is -2.37. The van der Waals surface area contributed by atoms with E-state index in [0.29, 0.717) is 5.41 Å². The number of hydrogen-bond acceptors (Lipinski definition) is 3. The highest BCUT2D eigenvalue weighted by Gasteiger charge is 2.45. The second kappa shape index (κ2) is 2.73. The monoisotopic (exact) mass is 169 g/mol. The Hall–Kier alpha value is -0.570. The lowest BCUT2D eigenvalue weighted by Crippen LogP contribution is -2.31. The average molecular weight is 169 g/mol. The minimum Gasteiger partial charge on any atom is -0.468 e. The van der Waals surface area contributed by atoms with E-state index in [0.717, 1.165) is 13.0 Å². The topological polar surface area (TPSA) is 38.3 Å². The third-order valence-electron chi connectivity index (χ3n) is 3.26. The molecule has 0 amide bonds. The van der Waals surface area contributed by atoms with E-state index >= 15 is 0 Å². The summed E-state index contributed by atoms with van der Waals surface area (Å²) in [5.41, 5.74) is 0.457. The highest BCUT2D eigenvalue weighted by Crippen LogP contribution is 2.47. The van der Waals surface area contributed by atoms with E-state index in [1.54, 1.807) is 0 Å². The van der Waals surface area contributed by atoms with Crippen LogP contribution in [0.2, 0.25) is 0 Å². The Kier molecular flexibility index (Phi) is 1.83. The van der Waals surface area contributed by atoms with Crippen LogP contribution in [0.1, 0.15) is 25.7 Å². The van der Waals surface area contributed by atoms with E-state index in [-0.39, 0.29) is 12.0 Å². The van der Waals surface area contributed by atoms with Crippen LogP contribution in [0.4, 0.5) is 0 Å². The van der Waals surface area contributed by atoms with Crippen molar-refractivity contribution in [2.24, 2.45) is 5.41 Å². The van der Waals surface area contributed by atoms with Gasteiger partial charge >= 0.3 is 5.97 Å². The predicted molar refractivity (Wildman–Crippen MR) is 44.7 cm³/mol. The van der Waals surface area contributed by atoms with Crippen LogP contribution in [0.3, 0.4) is 0 Å². The fourth-order valence-electron chi connectivity index (χ4n) is 2.28. The van der Waals surface area contributed by atoms with E-state index in [9.17, 15) is 4.79 Å². The van der Waals surface area contributed by atoms with E-state index < -0.39 is 0 Å². The van der Waals surface area contributed by atoms with Crippen LogP contribution in [0.15, 0.2) is 0 Å². The zero-order valence-corrected chi connectivity index (χ0v) is 7.43. The summed E-state index contributed by atoms with van der Waals surface area (Å²) in [4.78, 5) is 11.2. The Balaban J connectivity index is 1.93. The van der Waals surface area contributed by atoms with Gasteiger partial charge in [-0.05, 0) is 24.7 Å². The molecule has 1 atom stereocenters. The van der Waals surface area contributed by atoms with Gasteiger partial charge in [-0.1, -0.05) is 6.42 Å². The summed E-state index contributed by atoms with van der Waals surface area (Å²) in [6.45, 7) is 1.01. The first-order chi connectivity index (χ1) is 5.76. The van der Waals surface area contributed by atoms with Crippen molar-refractivity contribution in [2.45, 2.75) is 31.7 Å². The molecule has 12 heavy (non-hydrogen) atoms. The fraction of sp³-hybridized carbons (Fsp3) is 0.889. The quantitative estimate of drug-likeness (QED) is 0.587. The molecule has 0 aromatic carbocycles. The van der Waals surface area contributed by atoms with Gasteiger partial charge in [-0.2, -0.15) is 0 Å². The summed E-state index contributed by atoms with van der Waals surface area (Å²) in [7, 11) is 1.45. The van der Waals surface area contributed by atoms with Crippen molar-refractivity contribution in [2.75, 3.05) is 13.7 Å². The molecule has 1 aliphatic carbocycles. The summed E-state index contributed by atoms with van der Waals surface area (Å²) >= 11 is 0. The van der Waals surface area contributed by atoms with Crippen molar-refractivity contribution in [1.29, 1.82) is 0 Å². The Bertz CT molecular complexity index is 199. The van der Waals surface area contributed by atoms with Crippen molar-refractivity contribution in [3.63, 3.8) is 0 Å². The van der Waals surface area contributed by atoms with E-state index in [1.165, 1.54) is 26.4 Å². The molecule has 2 fully saturated rings. The average Bonchev–Trinajstić information content (AvgIpc) is 2.46. The molecule has 1 N–H and O–H groups in total. The molecule has 0 aromatic heterocycles. The van der Waals surface area contributed by atoms with E-state index in [2.05, 4.69) is 5.32 Å². The fourth-order valence-corrected chi connectivity index (χ4v) is 2.28. The van der Waals surface area contributed by atoms with Gasteiger partial charge in [0.05, 0.1) is 7.11 Å². The normalized spacial score (nSPS) is 31.6. The van der Waals surface area contributed by atoms with Gasteiger partial charge in [0, 0.05) is 6.54 Å². The summed E-state index contributed by atoms with van der Waals surface area (Å²) in [6.07, 6.45) is 4.89. The van der Waals surface area contributed by atoms with Crippen molar-refractivity contribution in [3.8, 4) is 0 Å². The highest BCUT2D eigenvalue weighted by atomic mass is 16.5. The van der Waals surface area contributed by atoms with Crippen molar-refractivity contribution < 1.29 is 9.53 Å². The molecule has 1 unspecified atom stereocenters. The SMILES string of the molecule is COC(=O)C1CC2(CCC2)CN1. The Morgan fingerprint density at radius 1 is 1.58 bits per heavy atom. The zero-order valence-electron chi connectivity index (χ0n) is 7.43. The van der Waals surface area contributed by atoms with E-state index in [4.69, 9.17) is 4.74 Å². The van der Waals surface area contributed by atoms with Crippen molar-refractivity contribution in [3.05, 3.63) is 0 Å². The van der Waals surface area contributed by atoms with Gasteiger partial charge in [0.15, 0.2) is 0 Å². The van der Waals surface area contributed by atoms with Crippen LogP contribution in [0, 0.1) is 5.41 Å². The number of esters is 1. The van der Waals surface area contributed by atoms with Gasteiger partial charge < -0.3 is 10.1 Å². The Morgan fingerprint density at radius 3 is 2.75 bits per heavy atom. The largest absolute Gasteiger partial charge is 0.468 e. The molecule has 0 radical (unpaired) electrons. The smallest absolute Gasteiger partial charge is 0.322 e. The molecule has 2 aliphatic rings. The second-order valence-electron chi connectivity index (χ2n) is 4.01. The predicted octanol–water partition coefficient (Wildman–Crippen LogP) is 0.692. The molecule has 3 nitrogen and oxygen atoms in total. The second-order valence-corrected chi connectivity index (χ2v) is 4.01. The van der Waals surface area contributed by atoms with Crippen LogP contribution >= 0.6 is 0 Å². The molecule has 68 valence electrons. The lowest BCUT2D eigenvalue weighted by molar-refractivity contribution is -0.143. The van der Waals surface area contributed by atoms with Crippen LogP contribution in [0.25, 0.3) is 0 Å². The maximum atomic E-state index is 11.2. The van der Waals surface area contributed by atoms with E-state index in [1.807, 2.05) is 0 Å². The van der Waals surface area contributed by atoms with Gasteiger partial charge in [0.2, 0.25) is 0 Å². The number of carbonyl (C=O) groups excluding carboxylic acids is 1. The third kappa shape index (κ3) is 1.12. The van der Waals surface area contributed by atoms with Gasteiger partial charge in [0.1, 0.15) is 6.04 Å². The third-order valence-corrected chi connectivity index (χ3v) is 3.26. The maximum Gasteiger partial charge on any atom is 0.322 e. The number of methoxy groups -OCH3 is 1. The van der Waals surface area contributed by atoms with Crippen LogP contribution in [-0.2, 0) is 9.53 Å². The molecule has 0 aromatic rings. The number of rotatable bonds is 1. The highest BCUT2D eigenvalue weighted by molar-refractivity contribution is 5.76. The summed E-state index contributed by atoms with van der Waals surface area (Å²) in [5, 5.41) is 3.23. The van der Waals surface area contributed by atoms with Crippen molar-refractivity contribution in [1.82, 2.24) is 5.32 Å². The number of ether oxygens (including phenoxy) is 1. The molecule has 1 heterocycles. The lowest BCUT2D eigenvalue weighted by atomic mass is 9.67. The summed E-state index contributed by atoms with van der Waals surface area (Å²) < 4.78 is 4.69. The maximum absolute atomic E-state index is 11.2. The molecule has 0 bridgehead atoms. The number of hydrogen-bond donors (Lipinski definition) is 1. The van der Waals surface area contributed by atoms with Gasteiger partial charge in [-0.15, -0.1) is 0 Å². The zero-order chi connectivity index (χ0) is 8.60. The van der Waals surface area contributed by atoms with Crippen molar-refractivity contribution >= 4 is 5.97 Å². The molecule has 1 aliphatic heterocycles. The van der Waals surface area contributed by atoms with Gasteiger partial charge in [-0.25, -0.2) is 0 Å². The Labute approximate surface area is 72.5 Å². The molecule has 2 rings (SSSR count). The first-order valence-electron chi connectivity index (χ1n) is 4.57. The van der Waals surface area contributed by atoms with Crippen LogP contribution < -0.4 is 5.32 Å². The first kappa shape index (κ1) is 8.05. The molecule has 1 spiro atoms. The van der Waals surface area contributed by atoms with Gasteiger partial charge in [0.25, 0.3) is 0 Å². The molecular formula is C9H15NO2. The van der Waals surface area contributed by atoms with Crippen LogP contribution in [-0.4, -0.2) is 25.7 Å². The summed E-state index contributed by atoms with van der Waals surface area (Å²) in [6, 6.07) is -0.0321. The number of nitrogens with one attached hydrogen (secondary N) is 1. The Morgan fingerprint density at radius 2 is 2.33 bits per heavy atom. The molecule has 3 heteroatoms. The van der Waals surface area contributed by atoms with Gasteiger partial charge in [-0.3, -0.25) is 4.79 Å². The summed E-state index contributed by atoms with van der Waals surface area (Å²) in [5.74, 6) is -0.0984. The number of carbonyl (C=O) groups is 1. The minimum atomic E-state index is -0.0984. The van der Waals surface area contributed by atoms with Crippen LogP contribution in [0.5, 0.6) is 0 Å². The molecule has 1 saturated carbocycles.